The SMILES string of the molecule is CC1=C(C(=O)NC2CC(=O)N(CC3CCCCC3)C2)OCCO1. The van der Waals surface area contributed by atoms with Crippen LogP contribution in [0.2, 0.25) is 0 Å². The Balaban J connectivity index is 1.52. The first-order valence-corrected chi connectivity index (χ1v) is 8.68. The minimum atomic E-state index is -0.278. The molecule has 2 amide bonds. The average Bonchev–Trinajstić information content (AvgIpc) is 2.88. The number of ether oxygens (including phenoxy) is 2. The third-order valence-corrected chi connectivity index (χ3v) is 4.93. The predicted octanol–water partition coefficient (Wildman–Crippen LogP) is 1.56. The minimum Gasteiger partial charge on any atom is -0.491 e. The Hall–Kier alpha value is -1.72. The lowest BCUT2D eigenvalue weighted by Crippen LogP contribution is -2.40. The highest BCUT2D eigenvalue weighted by atomic mass is 16.6. The van der Waals surface area contributed by atoms with Crippen molar-refractivity contribution >= 4 is 11.8 Å². The molecule has 1 unspecified atom stereocenters. The highest BCUT2D eigenvalue weighted by Crippen LogP contribution is 2.26. The molecule has 6 nitrogen and oxygen atoms in total. The summed E-state index contributed by atoms with van der Waals surface area (Å²) in [6, 6.07) is -0.135. The first kappa shape index (κ1) is 16.1. The van der Waals surface area contributed by atoms with Crippen molar-refractivity contribution in [3.63, 3.8) is 0 Å². The van der Waals surface area contributed by atoms with Gasteiger partial charge in [-0.25, -0.2) is 0 Å². The zero-order valence-corrected chi connectivity index (χ0v) is 13.8. The van der Waals surface area contributed by atoms with E-state index in [-0.39, 0.29) is 23.6 Å². The molecule has 0 aromatic rings. The Morgan fingerprint density at radius 3 is 2.70 bits per heavy atom. The fourth-order valence-electron chi connectivity index (χ4n) is 3.71. The quantitative estimate of drug-likeness (QED) is 0.853. The summed E-state index contributed by atoms with van der Waals surface area (Å²) in [7, 11) is 0. The van der Waals surface area contributed by atoms with E-state index in [4.69, 9.17) is 9.47 Å². The van der Waals surface area contributed by atoms with Crippen molar-refractivity contribution in [2.45, 2.75) is 51.5 Å². The summed E-state index contributed by atoms with van der Waals surface area (Å²) in [4.78, 5) is 26.4. The van der Waals surface area contributed by atoms with Gasteiger partial charge in [0.05, 0.1) is 6.04 Å². The first-order valence-electron chi connectivity index (χ1n) is 8.68. The number of amides is 2. The van der Waals surface area contributed by atoms with Crippen LogP contribution in [-0.2, 0) is 19.1 Å². The van der Waals surface area contributed by atoms with Crippen LogP contribution in [0, 0.1) is 5.92 Å². The van der Waals surface area contributed by atoms with Crippen LogP contribution in [0.3, 0.4) is 0 Å². The van der Waals surface area contributed by atoms with E-state index in [0.29, 0.717) is 37.9 Å². The van der Waals surface area contributed by atoms with Crippen LogP contribution < -0.4 is 5.32 Å². The highest BCUT2D eigenvalue weighted by molar-refractivity contribution is 5.93. The Kier molecular flexibility index (Phi) is 5.08. The van der Waals surface area contributed by atoms with Gasteiger partial charge < -0.3 is 19.7 Å². The molecule has 2 fully saturated rings. The minimum absolute atomic E-state index is 0.135. The Labute approximate surface area is 137 Å². The molecular weight excluding hydrogens is 296 g/mol. The third kappa shape index (κ3) is 3.98. The van der Waals surface area contributed by atoms with Crippen molar-refractivity contribution in [3.8, 4) is 0 Å². The average molecular weight is 322 g/mol. The van der Waals surface area contributed by atoms with E-state index in [9.17, 15) is 9.59 Å². The van der Waals surface area contributed by atoms with Gasteiger partial charge in [0.15, 0.2) is 0 Å². The standard InChI is InChI=1S/C17H26N2O4/c1-12-16(23-8-7-22-12)17(21)18-14-9-15(20)19(11-14)10-13-5-3-2-4-6-13/h13-14H,2-11H2,1H3,(H,18,21). The Morgan fingerprint density at radius 1 is 1.22 bits per heavy atom. The molecule has 2 heterocycles. The fourth-order valence-corrected chi connectivity index (χ4v) is 3.71. The molecule has 3 rings (SSSR count). The summed E-state index contributed by atoms with van der Waals surface area (Å²) in [5, 5.41) is 2.91. The second kappa shape index (κ2) is 7.23. The van der Waals surface area contributed by atoms with E-state index < -0.39 is 0 Å². The molecule has 0 spiro atoms. The fraction of sp³-hybridized carbons (Fsp3) is 0.765. The van der Waals surface area contributed by atoms with E-state index in [0.717, 1.165) is 6.54 Å². The summed E-state index contributed by atoms with van der Waals surface area (Å²) < 4.78 is 10.7. The zero-order chi connectivity index (χ0) is 16.2. The molecule has 1 saturated heterocycles. The molecule has 0 aromatic carbocycles. The van der Waals surface area contributed by atoms with E-state index in [1.807, 2.05) is 4.90 Å². The van der Waals surface area contributed by atoms with E-state index >= 15 is 0 Å². The van der Waals surface area contributed by atoms with Gasteiger partial charge >= 0.3 is 0 Å². The van der Waals surface area contributed by atoms with Gasteiger partial charge in [-0.05, 0) is 25.7 Å². The van der Waals surface area contributed by atoms with Gasteiger partial charge in [0, 0.05) is 19.5 Å². The van der Waals surface area contributed by atoms with Crippen LogP contribution in [0.5, 0.6) is 0 Å². The number of hydrogen-bond acceptors (Lipinski definition) is 4. The Morgan fingerprint density at radius 2 is 1.96 bits per heavy atom. The number of likely N-dealkylation sites (tertiary alicyclic amines) is 1. The maximum Gasteiger partial charge on any atom is 0.290 e. The summed E-state index contributed by atoms with van der Waals surface area (Å²) in [5.41, 5.74) is 0. The molecule has 0 radical (unpaired) electrons. The van der Waals surface area contributed by atoms with Gasteiger partial charge in [0.1, 0.15) is 19.0 Å². The number of carbonyl (C=O) groups excluding carboxylic acids is 2. The van der Waals surface area contributed by atoms with Gasteiger partial charge in [-0.1, -0.05) is 19.3 Å². The molecule has 128 valence electrons. The zero-order valence-electron chi connectivity index (χ0n) is 13.8. The van der Waals surface area contributed by atoms with Gasteiger partial charge in [0.2, 0.25) is 11.7 Å². The maximum absolute atomic E-state index is 12.3. The van der Waals surface area contributed by atoms with Crippen molar-refractivity contribution in [1.29, 1.82) is 0 Å². The van der Waals surface area contributed by atoms with Crippen LogP contribution in [0.4, 0.5) is 0 Å². The van der Waals surface area contributed by atoms with Crippen molar-refractivity contribution in [2.75, 3.05) is 26.3 Å². The van der Waals surface area contributed by atoms with Gasteiger partial charge in [-0.15, -0.1) is 0 Å². The number of rotatable bonds is 4. The smallest absolute Gasteiger partial charge is 0.290 e. The van der Waals surface area contributed by atoms with Crippen LogP contribution >= 0.6 is 0 Å². The molecule has 1 atom stereocenters. The molecule has 0 aromatic heterocycles. The first-order chi connectivity index (χ1) is 11.1. The molecule has 1 N–H and O–H groups in total. The van der Waals surface area contributed by atoms with Crippen molar-refractivity contribution in [3.05, 3.63) is 11.5 Å². The molecule has 6 heteroatoms. The summed E-state index contributed by atoms with van der Waals surface area (Å²) >= 11 is 0. The molecule has 2 aliphatic heterocycles. The van der Waals surface area contributed by atoms with Gasteiger partial charge in [0.25, 0.3) is 5.91 Å². The van der Waals surface area contributed by atoms with E-state index in [2.05, 4.69) is 5.32 Å². The van der Waals surface area contributed by atoms with Gasteiger partial charge in [-0.2, -0.15) is 0 Å². The number of nitrogens with zero attached hydrogens (tertiary/aromatic N) is 1. The van der Waals surface area contributed by atoms with Crippen molar-refractivity contribution < 1.29 is 19.1 Å². The number of nitrogens with one attached hydrogen (secondary N) is 1. The number of allylic oxidation sites excluding steroid dienone is 1. The summed E-state index contributed by atoms with van der Waals surface area (Å²) in [5.74, 6) is 1.25. The van der Waals surface area contributed by atoms with E-state index in [1.165, 1.54) is 32.1 Å². The molecule has 1 aliphatic carbocycles. The lowest BCUT2D eigenvalue weighted by Gasteiger charge is -2.27. The Bertz CT molecular complexity index is 497. The number of hydrogen-bond donors (Lipinski definition) is 1. The molecule has 1 saturated carbocycles. The van der Waals surface area contributed by atoms with Crippen LogP contribution in [0.1, 0.15) is 45.4 Å². The number of carbonyl (C=O) groups is 2. The normalized spacial score (nSPS) is 26.0. The maximum atomic E-state index is 12.3. The predicted molar refractivity (Wildman–Crippen MR) is 84.3 cm³/mol. The lowest BCUT2D eigenvalue weighted by molar-refractivity contribution is -0.128. The largest absolute Gasteiger partial charge is 0.491 e. The topological polar surface area (TPSA) is 67.9 Å². The van der Waals surface area contributed by atoms with Crippen LogP contribution in [-0.4, -0.2) is 49.1 Å². The lowest BCUT2D eigenvalue weighted by atomic mass is 9.89. The second-order valence-electron chi connectivity index (χ2n) is 6.76. The molecule has 23 heavy (non-hydrogen) atoms. The summed E-state index contributed by atoms with van der Waals surface area (Å²) in [6.45, 7) is 4.03. The highest BCUT2D eigenvalue weighted by Gasteiger charge is 2.33. The summed E-state index contributed by atoms with van der Waals surface area (Å²) in [6.07, 6.45) is 6.69. The van der Waals surface area contributed by atoms with Crippen LogP contribution in [0.25, 0.3) is 0 Å². The van der Waals surface area contributed by atoms with E-state index in [1.54, 1.807) is 6.92 Å². The monoisotopic (exact) mass is 322 g/mol. The molecule has 3 aliphatic rings. The second-order valence-corrected chi connectivity index (χ2v) is 6.76. The van der Waals surface area contributed by atoms with Gasteiger partial charge in [-0.3, -0.25) is 9.59 Å². The van der Waals surface area contributed by atoms with Crippen molar-refractivity contribution in [2.24, 2.45) is 5.92 Å². The molecule has 0 bridgehead atoms. The van der Waals surface area contributed by atoms with Crippen LogP contribution in [0.15, 0.2) is 11.5 Å². The molecular formula is C17H26N2O4. The van der Waals surface area contributed by atoms with Crippen molar-refractivity contribution in [1.82, 2.24) is 10.2 Å². The third-order valence-electron chi connectivity index (χ3n) is 4.93.